The van der Waals surface area contributed by atoms with Crippen LogP contribution >= 0.6 is 0 Å². The second kappa shape index (κ2) is 4.91. The Kier molecular flexibility index (Phi) is 3.19. The standard InChI is InChI=1S/C14H13F3N4/c1-6-12(18)20-14(7-2-3-7)21-13(6)19-11-5-9(16)8(15)4-10(11)17/h4-5,7H,2-3H2,1H3,(H3,18,19,20,21). The van der Waals surface area contributed by atoms with Crippen LogP contribution in [0.2, 0.25) is 0 Å². The number of hydrogen-bond donors (Lipinski definition) is 2. The van der Waals surface area contributed by atoms with E-state index in [9.17, 15) is 13.2 Å². The van der Waals surface area contributed by atoms with E-state index in [-0.39, 0.29) is 17.4 Å². The normalized spacial score (nSPS) is 14.3. The summed E-state index contributed by atoms with van der Waals surface area (Å²) >= 11 is 0. The Hall–Kier alpha value is -2.31. The van der Waals surface area contributed by atoms with E-state index in [2.05, 4.69) is 15.3 Å². The van der Waals surface area contributed by atoms with Crippen molar-refractivity contribution in [3.63, 3.8) is 0 Å². The molecule has 0 saturated heterocycles. The molecule has 0 unspecified atom stereocenters. The number of aromatic nitrogens is 2. The summed E-state index contributed by atoms with van der Waals surface area (Å²) in [5, 5.41) is 2.66. The Morgan fingerprint density at radius 1 is 1.10 bits per heavy atom. The van der Waals surface area contributed by atoms with Crippen molar-refractivity contribution in [2.24, 2.45) is 0 Å². The van der Waals surface area contributed by atoms with Gasteiger partial charge in [-0.25, -0.2) is 23.1 Å². The number of nitrogen functional groups attached to an aromatic ring is 1. The van der Waals surface area contributed by atoms with E-state index in [1.807, 2.05) is 0 Å². The van der Waals surface area contributed by atoms with Crippen molar-refractivity contribution in [1.29, 1.82) is 0 Å². The van der Waals surface area contributed by atoms with Crippen molar-refractivity contribution in [2.45, 2.75) is 25.7 Å². The van der Waals surface area contributed by atoms with Crippen molar-refractivity contribution in [3.8, 4) is 0 Å². The number of nitrogens with zero attached hydrogens (tertiary/aromatic N) is 2. The highest BCUT2D eigenvalue weighted by Crippen LogP contribution is 2.39. The lowest BCUT2D eigenvalue weighted by Crippen LogP contribution is -2.07. The molecule has 0 radical (unpaired) electrons. The highest BCUT2D eigenvalue weighted by molar-refractivity contribution is 5.64. The summed E-state index contributed by atoms with van der Waals surface area (Å²) in [5.74, 6) is -1.84. The first-order chi connectivity index (χ1) is 9.95. The molecular weight excluding hydrogens is 281 g/mol. The Balaban J connectivity index is 1.99. The number of nitrogens with one attached hydrogen (secondary N) is 1. The lowest BCUT2D eigenvalue weighted by molar-refractivity contribution is 0.496. The molecule has 1 fully saturated rings. The maximum atomic E-state index is 13.7. The largest absolute Gasteiger partial charge is 0.383 e. The van der Waals surface area contributed by atoms with Gasteiger partial charge in [-0.3, -0.25) is 0 Å². The van der Waals surface area contributed by atoms with E-state index in [4.69, 9.17) is 5.73 Å². The minimum atomic E-state index is -1.24. The molecule has 21 heavy (non-hydrogen) atoms. The average molecular weight is 294 g/mol. The van der Waals surface area contributed by atoms with E-state index in [1.54, 1.807) is 6.92 Å². The Labute approximate surface area is 119 Å². The van der Waals surface area contributed by atoms with Gasteiger partial charge in [-0.15, -0.1) is 0 Å². The third-order valence-electron chi connectivity index (χ3n) is 3.41. The molecule has 110 valence electrons. The summed E-state index contributed by atoms with van der Waals surface area (Å²) < 4.78 is 39.8. The fourth-order valence-corrected chi connectivity index (χ4v) is 1.94. The third-order valence-corrected chi connectivity index (χ3v) is 3.41. The molecule has 0 atom stereocenters. The first-order valence-electron chi connectivity index (χ1n) is 6.51. The fourth-order valence-electron chi connectivity index (χ4n) is 1.94. The number of rotatable bonds is 3. The highest BCUT2D eigenvalue weighted by Gasteiger charge is 2.28. The maximum Gasteiger partial charge on any atom is 0.161 e. The molecule has 0 aliphatic heterocycles. The topological polar surface area (TPSA) is 63.8 Å². The number of nitrogens with two attached hydrogens (primary N) is 1. The fraction of sp³-hybridized carbons (Fsp3) is 0.286. The van der Waals surface area contributed by atoms with E-state index in [0.29, 0.717) is 23.3 Å². The van der Waals surface area contributed by atoms with Gasteiger partial charge in [0.15, 0.2) is 11.6 Å². The molecule has 1 aliphatic rings. The van der Waals surface area contributed by atoms with Crippen LogP contribution in [-0.2, 0) is 0 Å². The summed E-state index contributed by atoms with van der Waals surface area (Å²) in [5.41, 5.74) is 6.15. The average Bonchev–Trinajstić information content (AvgIpc) is 3.25. The first kappa shape index (κ1) is 13.7. The summed E-state index contributed by atoms with van der Waals surface area (Å²) in [6, 6.07) is 1.23. The molecule has 0 spiro atoms. The molecule has 1 aromatic heterocycles. The SMILES string of the molecule is Cc1c(N)nc(C2CC2)nc1Nc1cc(F)c(F)cc1F. The lowest BCUT2D eigenvalue weighted by atomic mass is 10.2. The molecular formula is C14H13F3N4. The molecule has 4 nitrogen and oxygen atoms in total. The van der Waals surface area contributed by atoms with Gasteiger partial charge in [0.2, 0.25) is 0 Å². The zero-order chi connectivity index (χ0) is 15.1. The quantitative estimate of drug-likeness (QED) is 0.852. The zero-order valence-electron chi connectivity index (χ0n) is 11.3. The Morgan fingerprint density at radius 2 is 1.76 bits per heavy atom. The van der Waals surface area contributed by atoms with Crippen LogP contribution in [0.15, 0.2) is 12.1 Å². The molecule has 3 N–H and O–H groups in total. The summed E-state index contributed by atoms with van der Waals surface area (Å²) in [4.78, 5) is 8.49. The van der Waals surface area contributed by atoms with Gasteiger partial charge in [0.05, 0.1) is 5.69 Å². The van der Waals surface area contributed by atoms with Crippen LogP contribution in [0.5, 0.6) is 0 Å². The van der Waals surface area contributed by atoms with E-state index >= 15 is 0 Å². The van der Waals surface area contributed by atoms with Gasteiger partial charge in [-0.2, -0.15) is 0 Å². The van der Waals surface area contributed by atoms with Crippen LogP contribution in [0.25, 0.3) is 0 Å². The van der Waals surface area contributed by atoms with Crippen LogP contribution in [-0.4, -0.2) is 9.97 Å². The van der Waals surface area contributed by atoms with E-state index in [1.165, 1.54) is 0 Å². The third kappa shape index (κ3) is 2.63. The van der Waals surface area contributed by atoms with Gasteiger partial charge in [0, 0.05) is 23.6 Å². The molecule has 0 amide bonds. The number of hydrogen-bond acceptors (Lipinski definition) is 4. The van der Waals surface area contributed by atoms with Crippen LogP contribution in [0, 0.1) is 24.4 Å². The van der Waals surface area contributed by atoms with Crippen molar-refractivity contribution in [2.75, 3.05) is 11.1 Å². The maximum absolute atomic E-state index is 13.7. The lowest BCUT2D eigenvalue weighted by Gasteiger charge is -2.12. The molecule has 1 saturated carbocycles. The first-order valence-corrected chi connectivity index (χ1v) is 6.51. The Morgan fingerprint density at radius 3 is 2.43 bits per heavy atom. The Bertz CT molecular complexity index is 714. The molecule has 7 heteroatoms. The molecule has 2 aromatic rings. The van der Waals surface area contributed by atoms with Gasteiger partial charge < -0.3 is 11.1 Å². The number of benzene rings is 1. The van der Waals surface area contributed by atoms with Gasteiger partial charge in [-0.05, 0) is 19.8 Å². The minimum absolute atomic E-state index is 0.197. The van der Waals surface area contributed by atoms with Crippen LogP contribution in [0.1, 0.15) is 30.1 Å². The molecule has 0 bridgehead atoms. The van der Waals surface area contributed by atoms with Crippen molar-refractivity contribution >= 4 is 17.3 Å². The summed E-state index contributed by atoms with van der Waals surface area (Å²) in [6.45, 7) is 1.67. The van der Waals surface area contributed by atoms with Crippen molar-refractivity contribution < 1.29 is 13.2 Å². The monoisotopic (exact) mass is 294 g/mol. The van der Waals surface area contributed by atoms with Gasteiger partial charge >= 0.3 is 0 Å². The number of halogens is 3. The van der Waals surface area contributed by atoms with Gasteiger partial charge in [0.25, 0.3) is 0 Å². The zero-order valence-corrected chi connectivity index (χ0v) is 11.3. The van der Waals surface area contributed by atoms with Crippen molar-refractivity contribution in [3.05, 3.63) is 41.0 Å². The minimum Gasteiger partial charge on any atom is -0.383 e. The predicted molar refractivity (Wildman–Crippen MR) is 72.8 cm³/mol. The molecule has 1 aromatic carbocycles. The van der Waals surface area contributed by atoms with Crippen molar-refractivity contribution in [1.82, 2.24) is 9.97 Å². The summed E-state index contributed by atoms with van der Waals surface area (Å²) in [6.07, 6.45) is 1.98. The van der Waals surface area contributed by atoms with E-state index in [0.717, 1.165) is 18.9 Å². The van der Waals surface area contributed by atoms with E-state index < -0.39 is 17.5 Å². The second-order valence-electron chi connectivity index (χ2n) is 5.09. The van der Waals surface area contributed by atoms with Gasteiger partial charge in [0.1, 0.15) is 23.3 Å². The number of anilines is 3. The molecule has 1 aliphatic carbocycles. The van der Waals surface area contributed by atoms with Crippen LogP contribution in [0.3, 0.4) is 0 Å². The van der Waals surface area contributed by atoms with Gasteiger partial charge in [-0.1, -0.05) is 0 Å². The smallest absolute Gasteiger partial charge is 0.161 e. The summed E-state index contributed by atoms with van der Waals surface area (Å²) in [7, 11) is 0. The van der Waals surface area contributed by atoms with Crippen LogP contribution in [0.4, 0.5) is 30.5 Å². The molecule has 1 heterocycles. The van der Waals surface area contributed by atoms with Crippen LogP contribution < -0.4 is 11.1 Å². The molecule has 3 rings (SSSR count). The highest BCUT2D eigenvalue weighted by atomic mass is 19.2. The predicted octanol–water partition coefficient (Wildman–Crippen LogP) is 3.41. The second-order valence-corrected chi connectivity index (χ2v) is 5.09.